The highest BCUT2D eigenvalue weighted by molar-refractivity contribution is 5.83. The van der Waals surface area contributed by atoms with Gasteiger partial charge in [0.25, 0.3) is 5.91 Å². The summed E-state index contributed by atoms with van der Waals surface area (Å²) in [5.41, 5.74) is 1.22. The lowest BCUT2D eigenvalue weighted by molar-refractivity contribution is -0.141. The fraction of sp³-hybridized carbons (Fsp3) is 0.364. The van der Waals surface area contributed by atoms with Crippen molar-refractivity contribution in [3.8, 4) is 5.75 Å². The molecule has 2 aromatic rings. The highest BCUT2D eigenvalue weighted by Gasteiger charge is 2.46. The molecule has 0 aromatic heterocycles. The molecule has 2 amide bonds. The Morgan fingerprint density at radius 2 is 1.57 bits per heavy atom. The van der Waals surface area contributed by atoms with Gasteiger partial charge in [0, 0.05) is 32.1 Å². The van der Waals surface area contributed by atoms with E-state index in [4.69, 9.17) is 4.74 Å². The van der Waals surface area contributed by atoms with Crippen LogP contribution in [0.25, 0.3) is 0 Å². The third-order valence-corrected chi connectivity index (χ3v) is 5.47. The Morgan fingerprint density at radius 3 is 2.29 bits per heavy atom. The summed E-state index contributed by atoms with van der Waals surface area (Å²) in [7, 11) is 0. The number of halogens is 1. The van der Waals surface area contributed by atoms with Crippen LogP contribution in [0.3, 0.4) is 0 Å². The van der Waals surface area contributed by atoms with Gasteiger partial charge in [-0.2, -0.15) is 0 Å². The highest BCUT2D eigenvalue weighted by atomic mass is 19.1. The fourth-order valence-corrected chi connectivity index (χ4v) is 3.74. The third-order valence-electron chi connectivity index (χ3n) is 5.47. The number of hydrogen-bond acceptors (Lipinski definition) is 3. The van der Waals surface area contributed by atoms with E-state index in [1.54, 1.807) is 17.0 Å². The monoisotopic (exact) mass is 382 g/mol. The maximum Gasteiger partial charge on any atom is 0.260 e. The van der Waals surface area contributed by atoms with E-state index in [-0.39, 0.29) is 30.1 Å². The van der Waals surface area contributed by atoms with E-state index >= 15 is 0 Å². The van der Waals surface area contributed by atoms with Crippen molar-refractivity contribution in [3.05, 3.63) is 66.0 Å². The first kappa shape index (κ1) is 18.5. The zero-order chi connectivity index (χ0) is 19.5. The van der Waals surface area contributed by atoms with Crippen LogP contribution in [-0.4, -0.2) is 54.4 Å². The van der Waals surface area contributed by atoms with E-state index in [1.807, 2.05) is 23.1 Å². The number of carbonyl (C=O) groups is 2. The van der Waals surface area contributed by atoms with Gasteiger partial charge in [0.15, 0.2) is 18.2 Å². The van der Waals surface area contributed by atoms with E-state index in [1.165, 1.54) is 17.7 Å². The van der Waals surface area contributed by atoms with Gasteiger partial charge in [0.1, 0.15) is 0 Å². The quantitative estimate of drug-likeness (QED) is 0.799. The first-order chi connectivity index (χ1) is 13.6. The molecule has 5 nitrogen and oxygen atoms in total. The molecule has 2 fully saturated rings. The molecule has 6 heteroatoms. The standard InChI is InChI=1S/C22H23FN2O3/c23-19-8-4-5-9-20(19)28-15-21(26)24-10-12-25(13-11-24)22(27)18-14-17(18)16-6-2-1-3-7-16/h1-9,17-18H,10-15H2/t17-,18+/m1/s1. The molecule has 4 rings (SSSR count). The second-order valence-corrected chi connectivity index (χ2v) is 7.28. The fourth-order valence-electron chi connectivity index (χ4n) is 3.74. The van der Waals surface area contributed by atoms with Gasteiger partial charge in [0.05, 0.1) is 0 Å². The molecule has 0 bridgehead atoms. The number of piperazine rings is 1. The summed E-state index contributed by atoms with van der Waals surface area (Å²) in [5.74, 6) is -0.0301. The molecule has 2 atom stereocenters. The molecule has 1 heterocycles. The van der Waals surface area contributed by atoms with Crippen LogP contribution in [-0.2, 0) is 9.59 Å². The number of para-hydroxylation sites is 1. The lowest BCUT2D eigenvalue weighted by atomic mass is 10.1. The second-order valence-electron chi connectivity index (χ2n) is 7.28. The van der Waals surface area contributed by atoms with Crippen molar-refractivity contribution in [2.45, 2.75) is 12.3 Å². The van der Waals surface area contributed by atoms with E-state index in [2.05, 4.69) is 12.1 Å². The average molecular weight is 382 g/mol. The van der Waals surface area contributed by atoms with Crippen LogP contribution < -0.4 is 4.74 Å². The Kier molecular flexibility index (Phi) is 5.28. The summed E-state index contributed by atoms with van der Waals surface area (Å²) in [6.45, 7) is 1.82. The van der Waals surface area contributed by atoms with Crippen molar-refractivity contribution < 1.29 is 18.7 Å². The number of hydrogen-bond donors (Lipinski definition) is 0. The molecule has 28 heavy (non-hydrogen) atoms. The molecule has 146 valence electrons. The molecule has 1 saturated carbocycles. The molecule has 0 radical (unpaired) electrons. The van der Waals surface area contributed by atoms with E-state index in [0.717, 1.165) is 6.42 Å². The zero-order valence-electron chi connectivity index (χ0n) is 15.6. The zero-order valence-corrected chi connectivity index (χ0v) is 15.6. The van der Waals surface area contributed by atoms with Crippen molar-refractivity contribution in [1.82, 2.24) is 9.80 Å². The minimum absolute atomic E-state index is 0.0639. The minimum atomic E-state index is -0.483. The van der Waals surface area contributed by atoms with Gasteiger partial charge >= 0.3 is 0 Å². The highest BCUT2D eigenvalue weighted by Crippen LogP contribution is 2.48. The van der Waals surface area contributed by atoms with Gasteiger partial charge in [-0.1, -0.05) is 42.5 Å². The first-order valence-electron chi connectivity index (χ1n) is 9.62. The van der Waals surface area contributed by atoms with Crippen LogP contribution in [0.2, 0.25) is 0 Å². The number of benzene rings is 2. The number of ether oxygens (including phenoxy) is 1. The van der Waals surface area contributed by atoms with Crippen LogP contribution in [0, 0.1) is 11.7 Å². The minimum Gasteiger partial charge on any atom is -0.481 e. The molecular formula is C22H23FN2O3. The molecule has 2 aromatic carbocycles. The predicted molar refractivity (Wildman–Crippen MR) is 102 cm³/mol. The van der Waals surface area contributed by atoms with Crippen molar-refractivity contribution in [2.24, 2.45) is 5.92 Å². The molecule has 1 aliphatic heterocycles. The van der Waals surface area contributed by atoms with E-state index in [0.29, 0.717) is 32.1 Å². The van der Waals surface area contributed by atoms with Crippen LogP contribution in [0.4, 0.5) is 4.39 Å². The van der Waals surface area contributed by atoms with Gasteiger partial charge in [-0.15, -0.1) is 0 Å². The SMILES string of the molecule is O=C(COc1ccccc1F)N1CCN(C(=O)[C@H]2C[C@@H]2c2ccccc2)CC1. The summed E-state index contributed by atoms with van der Waals surface area (Å²) < 4.78 is 18.9. The van der Waals surface area contributed by atoms with E-state index in [9.17, 15) is 14.0 Å². The largest absolute Gasteiger partial charge is 0.481 e. The molecule has 1 saturated heterocycles. The van der Waals surface area contributed by atoms with Crippen LogP contribution in [0.1, 0.15) is 17.9 Å². The first-order valence-corrected chi connectivity index (χ1v) is 9.62. The predicted octanol–water partition coefficient (Wildman–Crippen LogP) is 2.68. The topological polar surface area (TPSA) is 49.9 Å². The van der Waals surface area contributed by atoms with Gasteiger partial charge in [-0.25, -0.2) is 4.39 Å². The lowest BCUT2D eigenvalue weighted by Crippen LogP contribution is -2.52. The average Bonchev–Trinajstić information content (AvgIpc) is 3.54. The number of rotatable bonds is 5. The number of amides is 2. The summed E-state index contributed by atoms with van der Waals surface area (Å²) in [6, 6.07) is 16.2. The lowest BCUT2D eigenvalue weighted by Gasteiger charge is -2.35. The molecule has 0 spiro atoms. The van der Waals surface area contributed by atoms with Gasteiger partial charge < -0.3 is 14.5 Å². The maximum atomic E-state index is 13.6. The van der Waals surface area contributed by atoms with Gasteiger partial charge in [0.2, 0.25) is 5.91 Å². The number of carbonyl (C=O) groups excluding carboxylic acids is 2. The third kappa shape index (κ3) is 4.01. The molecule has 2 aliphatic rings. The van der Waals surface area contributed by atoms with Gasteiger partial charge in [-0.3, -0.25) is 9.59 Å². The molecule has 0 unspecified atom stereocenters. The molecular weight excluding hydrogens is 359 g/mol. The Morgan fingerprint density at radius 1 is 0.929 bits per heavy atom. The van der Waals surface area contributed by atoms with Gasteiger partial charge in [-0.05, 0) is 30.0 Å². The van der Waals surface area contributed by atoms with Crippen LogP contribution in [0.15, 0.2) is 54.6 Å². The molecule has 1 aliphatic carbocycles. The summed E-state index contributed by atoms with van der Waals surface area (Å²) >= 11 is 0. The van der Waals surface area contributed by atoms with E-state index < -0.39 is 5.82 Å². The second kappa shape index (κ2) is 8.00. The molecule has 0 N–H and O–H groups in total. The Bertz CT molecular complexity index is 850. The van der Waals surface area contributed by atoms with Crippen LogP contribution in [0.5, 0.6) is 5.75 Å². The summed E-state index contributed by atoms with van der Waals surface area (Å²) in [4.78, 5) is 28.6. The maximum absolute atomic E-state index is 13.6. The Balaban J connectivity index is 1.24. The van der Waals surface area contributed by atoms with Crippen molar-refractivity contribution in [2.75, 3.05) is 32.8 Å². The summed E-state index contributed by atoms with van der Waals surface area (Å²) in [5, 5.41) is 0. The number of nitrogens with zero attached hydrogens (tertiary/aromatic N) is 2. The van der Waals surface area contributed by atoms with Crippen molar-refractivity contribution in [3.63, 3.8) is 0 Å². The normalized spacial score (nSPS) is 21.3. The Hall–Kier alpha value is -2.89. The van der Waals surface area contributed by atoms with Crippen molar-refractivity contribution >= 4 is 11.8 Å². The Labute approximate surface area is 163 Å². The summed E-state index contributed by atoms with van der Waals surface area (Å²) in [6.07, 6.45) is 0.901. The van der Waals surface area contributed by atoms with Crippen molar-refractivity contribution in [1.29, 1.82) is 0 Å². The van der Waals surface area contributed by atoms with Crippen LogP contribution >= 0.6 is 0 Å². The smallest absolute Gasteiger partial charge is 0.260 e.